The SMILES string of the molecule is O=C1Cc2cccc(CN3CCCNCC3)c2/C1=C/C1=Nc2ccccc2C1. The van der Waals surface area contributed by atoms with Gasteiger partial charge in [0.1, 0.15) is 0 Å². The summed E-state index contributed by atoms with van der Waals surface area (Å²) >= 11 is 0. The molecule has 5 rings (SSSR count). The fourth-order valence-electron chi connectivity index (χ4n) is 4.55. The highest BCUT2D eigenvalue weighted by atomic mass is 16.1. The van der Waals surface area contributed by atoms with Gasteiger partial charge in [0.2, 0.25) is 0 Å². The lowest BCUT2D eigenvalue weighted by Gasteiger charge is -2.21. The molecule has 3 aliphatic rings. The van der Waals surface area contributed by atoms with Crippen molar-refractivity contribution in [2.45, 2.75) is 25.8 Å². The molecule has 28 heavy (non-hydrogen) atoms. The Morgan fingerprint density at radius 3 is 2.82 bits per heavy atom. The lowest BCUT2D eigenvalue weighted by atomic mass is 9.98. The summed E-state index contributed by atoms with van der Waals surface area (Å²) in [4.78, 5) is 20.1. The van der Waals surface area contributed by atoms with Crippen LogP contribution < -0.4 is 5.32 Å². The fraction of sp³-hybridized carbons (Fsp3) is 0.333. The highest BCUT2D eigenvalue weighted by molar-refractivity contribution is 6.30. The van der Waals surface area contributed by atoms with Gasteiger partial charge in [-0.25, -0.2) is 0 Å². The Morgan fingerprint density at radius 1 is 1.00 bits per heavy atom. The van der Waals surface area contributed by atoms with Crippen LogP contribution in [-0.2, 0) is 24.2 Å². The Kier molecular flexibility index (Phi) is 4.67. The van der Waals surface area contributed by atoms with Crippen molar-refractivity contribution in [3.63, 3.8) is 0 Å². The molecule has 0 aromatic heterocycles. The summed E-state index contributed by atoms with van der Waals surface area (Å²) in [6.45, 7) is 5.19. The van der Waals surface area contributed by atoms with Crippen molar-refractivity contribution in [2.75, 3.05) is 26.2 Å². The molecular weight excluding hydrogens is 346 g/mol. The third-order valence-electron chi connectivity index (χ3n) is 5.92. The molecule has 0 bridgehead atoms. The number of aliphatic imine (C=N–C) groups is 1. The topological polar surface area (TPSA) is 44.7 Å². The quantitative estimate of drug-likeness (QED) is 0.842. The second-order valence-corrected chi connectivity index (χ2v) is 7.90. The largest absolute Gasteiger partial charge is 0.315 e. The second-order valence-electron chi connectivity index (χ2n) is 7.90. The van der Waals surface area contributed by atoms with Crippen LogP contribution in [0.4, 0.5) is 5.69 Å². The van der Waals surface area contributed by atoms with E-state index in [9.17, 15) is 4.79 Å². The molecule has 2 aromatic carbocycles. The Hall–Kier alpha value is -2.56. The molecule has 0 amide bonds. The number of allylic oxidation sites excluding steroid dienone is 2. The molecule has 1 aliphatic carbocycles. The first-order valence-corrected chi connectivity index (χ1v) is 10.2. The van der Waals surface area contributed by atoms with E-state index in [0.29, 0.717) is 6.42 Å². The molecule has 4 heteroatoms. The Bertz CT molecular complexity index is 981. The number of nitrogens with one attached hydrogen (secondary N) is 1. The Labute approximate surface area is 166 Å². The van der Waals surface area contributed by atoms with Crippen LogP contribution in [-0.4, -0.2) is 42.6 Å². The zero-order valence-corrected chi connectivity index (χ0v) is 16.1. The molecule has 0 atom stereocenters. The van der Waals surface area contributed by atoms with E-state index in [2.05, 4.69) is 40.5 Å². The number of carbonyl (C=O) groups excluding carboxylic acids is 1. The van der Waals surface area contributed by atoms with Gasteiger partial charge in [0.25, 0.3) is 0 Å². The van der Waals surface area contributed by atoms with Gasteiger partial charge in [-0.15, -0.1) is 0 Å². The van der Waals surface area contributed by atoms with Crippen LogP contribution in [0.15, 0.2) is 53.5 Å². The number of Topliss-reactive ketones (excluding diaryl/α,β-unsaturated/α-hetero) is 1. The maximum atomic E-state index is 12.8. The fourth-order valence-corrected chi connectivity index (χ4v) is 4.55. The van der Waals surface area contributed by atoms with E-state index in [-0.39, 0.29) is 5.78 Å². The lowest BCUT2D eigenvalue weighted by molar-refractivity contribution is -0.112. The molecule has 1 N–H and O–H groups in total. The van der Waals surface area contributed by atoms with E-state index >= 15 is 0 Å². The van der Waals surface area contributed by atoms with Gasteiger partial charge >= 0.3 is 0 Å². The predicted molar refractivity (Wildman–Crippen MR) is 113 cm³/mol. The van der Waals surface area contributed by atoms with Gasteiger partial charge in [-0.3, -0.25) is 14.7 Å². The van der Waals surface area contributed by atoms with Gasteiger partial charge in [-0.1, -0.05) is 36.4 Å². The monoisotopic (exact) mass is 371 g/mol. The molecule has 142 valence electrons. The second kappa shape index (κ2) is 7.46. The Morgan fingerprint density at radius 2 is 1.89 bits per heavy atom. The van der Waals surface area contributed by atoms with Crippen LogP contribution in [0, 0.1) is 0 Å². The van der Waals surface area contributed by atoms with Crippen molar-refractivity contribution < 1.29 is 4.79 Å². The standard InChI is InChI=1S/C24H25N3O/c28-23-14-18-6-3-7-19(16-27-11-4-9-25-10-12-27)24(18)21(23)15-20-13-17-5-1-2-8-22(17)26-20/h1-3,5-8,15,25H,4,9-14,16H2/b21-15+. The smallest absolute Gasteiger partial charge is 0.167 e. The normalized spacial score (nSPS) is 20.8. The summed E-state index contributed by atoms with van der Waals surface area (Å²) in [7, 11) is 0. The Balaban J connectivity index is 1.47. The molecule has 1 saturated heterocycles. The number of para-hydroxylation sites is 1. The van der Waals surface area contributed by atoms with E-state index in [1.54, 1.807) is 0 Å². The van der Waals surface area contributed by atoms with Crippen LogP contribution >= 0.6 is 0 Å². The number of benzene rings is 2. The zero-order chi connectivity index (χ0) is 18.9. The number of fused-ring (bicyclic) bond motifs is 2. The van der Waals surface area contributed by atoms with Gasteiger partial charge in [-0.05, 0) is 53.9 Å². The zero-order valence-electron chi connectivity index (χ0n) is 16.1. The van der Waals surface area contributed by atoms with E-state index in [1.807, 2.05) is 18.2 Å². The predicted octanol–water partition coefficient (Wildman–Crippen LogP) is 3.32. The van der Waals surface area contributed by atoms with E-state index in [0.717, 1.165) is 67.2 Å². The third-order valence-corrected chi connectivity index (χ3v) is 5.92. The summed E-state index contributed by atoms with van der Waals surface area (Å²) in [5, 5.41) is 3.47. The van der Waals surface area contributed by atoms with Gasteiger partial charge < -0.3 is 5.32 Å². The number of nitrogens with zero attached hydrogens (tertiary/aromatic N) is 2. The first-order valence-electron chi connectivity index (χ1n) is 10.2. The van der Waals surface area contributed by atoms with Crippen molar-refractivity contribution >= 4 is 22.8 Å². The molecular formula is C24H25N3O. The van der Waals surface area contributed by atoms with E-state index < -0.39 is 0 Å². The van der Waals surface area contributed by atoms with Gasteiger partial charge in [0.05, 0.1) is 5.69 Å². The van der Waals surface area contributed by atoms with Crippen molar-refractivity contribution in [3.8, 4) is 0 Å². The molecule has 2 aromatic rings. The summed E-state index contributed by atoms with van der Waals surface area (Å²) in [6.07, 6.45) is 4.53. The summed E-state index contributed by atoms with van der Waals surface area (Å²) in [5.74, 6) is 0.221. The average Bonchev–Trinajstić information content (AvgIpc) is 3.13. The molecule has 2 aliphatic heterocycles. The molecule has 4 nitrogen and oxygen atoms in total. The van der Waals surface area contributed by atoms with Gasteiger partial charge in [0, 0.05) is 43.8 Å². The van der Waals surface area contributed by atoms with Crippen LogP contribution in [0.1, 0.15) is 28.7 Å². The minimum Gasteiger partial charge on any atom is -0.315 e. The maximum Gasteiger partial charge on any atom is 0.167 e. The van der Waals surface area contributed by atoms with Crippen LogP contribution in [0.2, 0.25) is 0 Å². The van der Waals surface area contributed by atoms with E-state index in [4.69, 9.17) is 4.99 Å². The van der Waals surface area contributed by atoms with Gasteiger partial charge in [-0.2, -0.15) is 0 Å². The molecule has 0 radical (unpaired) electrons. The molecule has 0 unspecified atom stereocenters. The maximum absolute atomic E-state index is 12.8. The number of rotatable bonds is 3. The summed E-state index contributed by atoms with van der Waals surface area (Å²) in [5.41, 5.74) is 7.71. The summed E-state index contributed by atoms with van der Waals surface area (Å²) < 4.78 is 0. The first-order chi connectivity index (χ1) is 13.8. The molecule has 0 spiro atoms. The number of ketones is 1. The van der Waals surface area contributed by atoms with Crippen molar-refractivity contribution in [2.24, 2.45) is 4.99 Å². The van der Waals surface area contributed by atoms with Crippen molar-refractivity contribution in [1.82, 2.24) is 10.2 Å². The van der Waals surface area contributed by atoms with Crippen molar-refractivity contribution in [3.05, 3.63) is 70.8 Å². The molecule has 1 fully saturated rings. The van der Waals surface area contributed by atoms with Crippen LogP contribution in [0.25, 0.3) is 5.57 Å². The highest BCUT2D eigenvalue weighted by Gasteiger charge is 2.28. The summed E-state index contributed by atoms with van der Waals surface area (Å²) in [6, 6.07) is 14.6. The molecule has 0 saturated carbocycles. The lowest BCUT2D eigenvalue weighted by Crippen LogP contribution is -2.28. The van der Waals surface area contributed by atoms with E-state index in [1.165, 1.54) is 17.5 Å². The number of carbonyl (C=O) groups is 1. The number of hydrogen-bond acceptors (Lipinski definition) is 4. The number of hydrogen-bond donors (Lipinski definition) is 1. The van der Waals surface area contributed by atoms with Crippen molar-refractivity contribution in [1.29, 1.82) is 0 Å². The molecule has 2 heterocycles. The van der Waals surface area contributed by atoms with Crippen LogP contribution in [0.5, 0.6) is 0 Å². The minimum absolute atomic E-state index is 0.221. The van der Waals surface area contributed by atoms with Gasteiger partial charge in [0.15, 0.2) is 5.78 Å². The van der Waals surface area contributed by atoms with Crippen LogP contribution in [0.3, 0.4) is 0 Å². The minimum atomic E-state index is 0.221. The third kappa shape index (κ3) is 3.34. The first kappa shape index (κ1) is 17.5. The highest BCUT2D eigenvalue weighted by Crippen LogP contribution is 2.35. The average molecular weight is 371 g/mol.